The second kappa shape index (κ2) is 11.7. The van der Waals surface area contributed by atoms with E-state index in [2.05, 4.69) is 88.7 Å². The second-order valence-corrected chi connectivity index (χ2v) is 14.0. The van der Waals surface area contributed by atoms with Crippen LogP contribution >= 0.6 is 23.4 Å². The molecule has 3 nitrogen and oxygen atoms in total. The zero-order valence-corrected chi connectivity index (χ0v) is 24.1. The maximum Gasteiger partial charge on any atom is 0.0497 e. The van der Waals surface area contributed by atoms with Crippen LogP contribution in [0.1, 0.15) is 77.6 Å². The molecule has 0 atom stereocenters. The molecule has 0 aliphatic heterocycles. The SMILES string of the molecule is CC(C)c1ccc2c(c1)c(SC(C)(C)C)c(CC(C)(C)CNCCCO)n2Cc1ccc(Cl)cc1. The van der Waals surface area contributed by atoms with E-state index < -0.39 is 0 Å². The first-order valence-corrected chi connectivity index (χ1v) is 14.0. The number of hydrogen-bond donors (Lipinski definition) is 2. The van der Waals surface area contributed by atoms with E-state index in [4.69, 9.17) is 16.7 Å². The molecule has 0 amide bonds. The summed E-state index contributed by atoms with van der Waals surface area (Å²) >= 11 is 8.18. The molecule has 35 heavy (non-hydrogen) atoms. The number of nitrogens with zero attached hydrogens (tertiary/aromatic N) is 1. The van der Waals surface area contributed by atoms with Crippen LogP contribution in [0, 0.1) is 5.41 Å². The fourth-order valence-electron chi connectivity index (χ4n) is 4.45. The summed E-state index contributed by atoms with van der Waals surface area (Å²) in [5, 5.41) is 14.8. The van der Waals surface area contributed by atoms with Gasteiger partial charge in [0.2, 0.25) is 0 Å². The van der Waals surface area contributed by atoms with Crippen molar-refractivity contribution in [3.05, 3.63) is 64.3 Å². The summed E-state index contributed by atoms with van der Waals surface area (Å²) < 4.78 is 2.64. The Morgan fingerprint density at radius 3 is 2.31 bits per heavy atom. The minimum atomic E-state index is 0.0651. The number of benzene rings is 2. The van der Waals surface area contributed by atoms with Crippen molar-refractivity contribution in [2.24, 2.45) is 5.41 Å². The van der Waals surface area contributed by atoms with E-state index in [0.29, 0.717) is 5.92 Å². The monoisotopic (exact) mass is 514 g/mol. The highest BCUT2D eigenvalue weighted by atomic mass is 35.5. The Labute approximate surface area is 221 Å². The molecule has 192 valence electrons. The summed E-state index contributed by atoms with van der Waals surface area (Å²) in [6.07, 6.45) is 1.76. The molecule has 2 N–H and O–H groups in total. The number of aromatic nitrogens is 1. The van der Waals surface area contributed by atoms with E-state index in [1.165, 1.54) is 32.6 Å². The molecule has 0 fully saturated rings. The van der Waals surface area contributed by atoms with E-state index in [0.717, 1.165) is 37.5 Å². The van der Waals surface area contributed by atoms with Gasteiger partial charge in [-0.25, -0.2) is 0 Å². The minimum absolute atomic E-state index is 0.0651. The summed E-state index contributed by atoms with van der Waals surface area (Å²) in [6.45, 7) is 18.9. The lowest BCUT2D eigenvalue weighted by atomic mass is 9.87. The highest BCUT2D eigenvalue weighted by Crippen LogP contribution is 2.44. The average Bonchev–Trinajstić information content (AvgIpc) is 3.03. The van der Waals surface area contributed by atoms with Gasteiger partial charge < -0.3 is 15.0 Å². The number of aliphatic hydroxyl groups is 1. The van der Waals surface area contributed by atoms with Crippen molar-refractivity contribution in [1.82, 2.24) is 9.88 Å². The Morgan fingerprint density at radius 2 is 1.71 bits per heavy atom. The third-order valence-electron chi connectivity index (χ3n) is 6.23. The number of aliphatic hydroxyl groups excluding tert-OH is 1. The summed E-state index contributed by atoms with van der Waals surface area (Å²) in [5.74, 6) is 0.488. The Bertz CT molecular complexity index is 1110. The molecule has 0 aliphatic rings. The van der Waals surface area contributed by atoms with Crippen LogP contribution in [0.4, 0.5) is 0 Å². The Kier molecular flexibility index (Phi) is 9.42. The maximum absolute atomic E-state index is 9.16. The maximum atomic E-state index is 9.16. The van der Waals surface area contributed by atoms with Crippen molar-refractivity contribution in [3.63, 3.8) is 0 Å². The molecule has 0 unspecified atom stereocenters. The quantitative estimate of drug-likeness (QED) is 0.202. The molecule has 1 aromatic heterocycles. The van der Waals surface area contributed by atoms with Crippen LogP contribution in [0.3, 0.4) is 0 Å². The summed E-state index contributed by atoms with van der Waals surface area (Å²) in [7, 11) is 0. The van der Waals surface area contributed by atoms with Gasteiger partial charge in [-0.05, 0) is 66.1 Å². The standard InChI is InChI=1S/C30H43ClN2OS/c1-21(2)23-11-14-26-25(17-23)28(35-29(3,4)5)27(18-30(6,7)20-32-15-8-16-34)33(26)19-22-9-12-24(31)13-10-22/h9-14,17,21,32,34H,8,15-16,18-20H2,1-7H3. The predicted molar refractivity (Wildman–Crippen MR) is 154 cm³/mol. The van der Waals surface area contributed by atoms with E-state index in [1.807, 2.05) is 23.9 Å². The van der Waals surface area contributed by atoms with Crippen LogP contribution < -0.4 is 5.32 Å². The Hall–Kier alpha value is -1.46. The van der Waals surface area contributed by atoms with Crippen LogP contribution in [-0.2, 0) is 13.0 Å². The molecule has 0 bridgehead atoms. The number of nitrogens with one attached hydrogen (secondary N) is 1. The van der Waals surface area contributed by atoms with Crippen LogP contribution in [-0.4, -0.2) is 34.1 Å². The fraction of sp³-hybridized carbons (Fsp3) is 0.533. The number of rotatable bonds is 11. The van der Waals surface area contributed by atoms with Crippen molar-refractivity contribution in [1.29, 1.82) is 0 Å². The van der Waals surface area contributed by atoms with Gasteiger partial charge in [0, 0.05) is 51.0 Å². The van der Waals surface area contributed by atoms with Gasteiger partial charge in [-0.2, -0.15) is 0 Å². The molecule has 0 spiro atoms. The molecule has 0 radical (unpaired) electrons. The Morgan fingerprint density at radius 1 is 1.03 bits per heavy atom. The highest BCUT2D eigenvalue weighted by Gasteiger charge is 2.28. The molecule has 3 rings (SSSR count). The average molecular weight is 515 g/mol. The zero-order valence-electron chi connectivity index (χ0n) is 22.5. The van der Waals surface area contributed by atoms with Gasteiger partial charge in [0.05, 0.1) is 0 Å². The van der Waals surface area contributed by atoms with Crippen molar-refractivity contribution in [2.45, 2.75) is 83.4 Å². The van der Waals surface area contributed by atoms with Gasteiger partial charge in [-0.15, -0.1) is 11.8 Å². The van der Waals surface area contributed by atoms with E-state index in [9.17, 15) is 0 Å². The van der Waals surface area contributed by atoms with Gasteiger partial charge in [-0.1, -0.05) is 78.3 Å². The van der Waals surface area contributed by atoms with Crippen molar-refractivity contribution < 1.29 is 5.11 Å². The molecule has 1 heterocycles. The Balaban J connectivity index is 2.15. The molecular weight excluding hydrogens is 472 g/mol. The molecule has 5 heteroatoms. The molecule has 0 aliphatic carbocycles. The van der Waals surface area contributed by atoms with Crippen LogP contribution in [0.5, 0.6) is 0 Å². The van der Waals surface area contributed by atoms with Crippen LogP contribution in [0.2, 0.25) is 5.02 Å². The number of thioether (sulfide) groups is 1. The first-order valence-electron chi connectivity index (χ1n) is 12.8. The minimum Gasteiger partial charge on any atom is -0.396 e. The number of halogens is 1. The lowest BCUT2D eigenvalue weighted by molar-refractivity contribution is 0.276. The molecule has 0 saturated carbocycles. The lowest BCUT2D eigenvalue weighted by Gasteiger charge is -2.28. The summed E-state index contributed by atoms with van der Waals surface area (Å²) in [5.41, 5.74) is 5.41. The number of fused-ring (bicyclic) bond motifs is 1. The van der Waals surface area contributed by atoms with Crippen molar-refractivity contribution in [2.75, 3.05) is 19.7 Å². The largest absolute Gasteiger partial charge is 0.396 e. The van der Waals surface area contributed by atoms with Gasteiger partial charge >= 0.3 is 0 Å². The van der Waals surface area contributed by atoms with E-state index >= 15 is 0 Å². The molecule has 3 aromatic rings. The second-order valence-electron chi connectivity index (χ2n) is 11.7. The van der Waals surface area contributed by atoms with Crippen molar-refractivity contribution in [3.8, 4) is 0 Å². The van der Waals surface area contributed by atoms with Crippen LogP contribution in [0.25, 0.3) is 10.9 Å². The van der Waals surface area contributed by atoms with E-state index in [-0.39, 0.29) is 16.8 Å². The van der Waals surface area contributed by atoms with E-state index in [1.54, 1.807) is 0 Å². The highest BCUT2D eigenvalue weighted by molar-refractivity contribution is 8.00. The normalized spacial score (nSPS) is 12.7. The predicted octanol–water partition coefficient (Wildman–Crippen LogP) is 7.90. The third kappa shape index (κ3) is 7.76. The van der Waals surface area contributed by atoms with Crippen molar-refractivity contribution >= 4 is 34.3 Å². The smallest absolute Gasteiger partial charge is 0.0497 e. The first kappa shape index (κ1) is 28.1. The zero-order chi connectivity index (χ0) is 25.8. The number of hydrogen-bond acceptors (Lipinski definition) is 3. The topological polar surface area (TPSA) is 37.2 Å². The van der Waals surface area contributed by atoms with Crippen LogP contribution in [0.15, 0.2) is 47.4 Å². The van der Waals surface area contributed by atoms with Gasteiger partial charge in [0.25, 0.3) is 0 Å². The van der Waals surface area contributed by atoms with Gasteiger partial charge in [0.1, 0.15) is 0 Å². The molecule has 2 aromatic carbocycles. The fourth-order valence-corrected chi connectivity index (χ4v) is 5.76. The first-order chi connectivity index (χ1) is 16.4. The molecular formula is C30H43ClN2OS. The van der Waals surface area contributed by atoms with Gasteiger partial charge in [-0.3, -0.25) is 0 Å². The molecule has 0 saturated heterocycles. The lowest BCUT2D eigenvalue weighted by Crippen LogP contribution is -2.33. The summed E-state index contributed by atoms with van der Waals surface area (Å²) in [6, 6.07) is 15.3. The third-order valence-corrected chi connectivity index (χ3v) is 7.76. The van der Waals surface area contributed by atoms with Gasteiger partial charge in [0.15, 0.2) is 0 Å². The summed E-state index contributed by atoms with van der Waals surface area (Å²) in [4.78, 5) is 1.41.